The fraction of sp³-hybridized carbons (Fsp3) is 0.304. The molecule has 0 aromatic heterocycles. The number of piperazine rings is 1. The zero-order valence-electron chi connectivity index (χ0n) is 17.2. The highest BCUT2D eigenvalue weighted by Gasteiger charge is 2.43. The normalized spacial score (nSPS) is 18.1. The first-order chi connectivity index (χ1) is 15.3. The van der Waals surface area contributed by atoms with Gasteiger partial charge >= 0.3 is 6.18 Å². The minimum absolute atomic E-state index is 0.0265. The van der Waals surface area contributed by atoms with Gasteiger partial charge in [-0.05, 0) is 23.8 Å². The molecule has 0 radical (unpaired) electrons. The number of nitrogens with zero attached hydrogens (tertiary/aromatic N) is 3. The van der Waals surface area contributed by atoms with Gasteiger partial charge in [0.05, 0.1) is 23.4 Å². The van der Waals surface area contributed by atoms with E-state index in [1.807, 2.05) is 9.80 Å². The topological polar surface area (TPSA) is 64.1 Å². The van der Waals surface area contributed by atoms with Crippen molar-refractivity contribution in [3.05, 3.63) is 71.4 Å². The number of carbonyl (C=O) groups is 2. The molecule has 6 nitrogen and oxygen atoms in total. The van der Waals surface area contributed by atoms with Crippen LogP contribution in [0, 0.1) is 0 Å². The SMILES string of the molecule is O=C1C(c2ccccc2)=C(N2CCN(CCO)CC2)C(=O)N1c1cccc(C(F)(F)F)c1. The van der Waals surface area contributed by atoms with Crippen molar-refractivity contribution in [1.29, 1.82) is 0 Å². The number of halogens is 3. The van der Waals surface area contributed by atoms with E-state index in [9.17, 15) is 22.8 Å². The molecule has 2 aromatic rings. The molecule has 1 fully saturated rings. The quantitative estimate of drug-likeness (QED) is 0.717. The highest BCUT2D eigenvalue weighted by molar-refractivity contribution is 6.45. The lowest BCUT2D eigenvalue weighted by Crippen LogP contribution is -2.48. The van der Waals surface area contributed by atoms with Gasteiger partial charge in [0.1, 0.15) is 5.70 Å². The Labute approximate surface area is 183 Å². The van der Waals surface area contributed by atoms with Gasteiger partial charge in [0, 0.05) is 32.7 Å². The second-order valence-electron chi connectivity index (χ2n) is 7.64. The van der Waals surface area contributed by atoms with Crippen LogP contribution in [0.5, 0.6) is 0 Å². The van der Waals surface area contributed by atoms with Crippen LogP contribution in [0.3, 0.4) is 0 Å². The predicted octanol–water partition coefficient (Wildman–Crippen LogP) is 2.60. The Hall–Kier alpha value is -3.17. The average molecular weight is 445 g/mol. The van der Waals surface area contributed by atoms with Crippen molar-refractivity contribution in [3.8, 4) is 0 Å². The summed E-state index contributed by atoms with van der Waals surface area (Å²) >= 11 is 0. The summed E-state index contributed by atoms with van der Waals surface area (Å²) in [7, 11) is 0. The summed E-state index contributed by atoms with van der Waals surface area (Å²) < 4.78 is 39.7. The maximum Gasteiger partial charge on any atom is 0.416 e. The van der Waals surface area contributed by atoms with Gasteiger partial charge in [0.25, 0.3) is 11.8 Å². The largest absolute Gasteiger partial charge is 0.416 e. The fourth-order valence-electron chi connectivity index (χ4n) is 4.07. The van der Waals surface area contributed by atoms with Gasteiger partial charge in [-0.3, -0.25) is 14.5 Å². The third-order valence-electron chi connectivity index (χ3n) is 5.66. The van der Waals surface area contributed by atoms with Crippen molar-refractivity contribution < 1.29 is 27.9 Å². The lowest BCUT2D eigenvalue weighted by Gasteiger charge is -2.36. The van der Waals surface area contributed by atoms with Crippen molar-refractivity contribution in [2.75, 3.05) is 44.2 Å². The lowest BCUT2D eigenvalue weighted by molar-refractivity contribution is -0.137. The molecule has 2 aromatic carbocycles. The maximum atomic E-state index is 13.4. The van der Waals surface area contributed by atoms with Crippen molar-refractivity contribution in [1.82, 2.24) is 9.80 Å². The van der Waals surface area contributed by atoms with Crippen molar-refractivity contribution in [2.24, 2.45) is 0 Å². The molecule has 168 valence electrons. The summed E-state index contributed by atoms with van der Waals surface area (Å²) in [6, 6.07) is 12.9. The Balaban J connectivity index is 1.73. The molecule has 2 aliphatic rings. The monoisotopic (exact) mass is 445 g/mol. The van der Waals surface area contributed by atoms with Crippen molar-refractivity contribution in [3.63, 3.8) is 0 Å². The number of imide groups is 1. The van der Waals surface area contributed by atoms with Crippen LogP contribution in [0.2, 0.25) is 0 Å². The van der Waals surface area contributed by atoms with Gasteiger partial charge in [0.2, 0.25) is 0 Å². The van der Waals surface area contributed by atoms with Crippen molar-refractivity contribution in [2.45, 2.75) is 6.18 Å². The molecular weight excluding hydrogens is 423 g/mol. The average Bonchev–Trinajstić information content (AvgIpc) is 3.04. The summed E-state index contributed by atoms with van der Waals surface area (Å²) in [6.07, 6.45) is -4.59. The van der Waals surface area contributed by atoms with Crippen LogP contribution in [0.1, 0.15) is 11.1 Å². The van der Waals surface area contributed by atoms with Gasteiger partial charge in [-0.2, -0.15) is 13.2 Å². The van der Waals surface area contributed by atoms with Gasteiger partial charge in [-0.15, -0.1) is 0 Å². The first-order valence-electron chi connectivity index (χ1n) is 10.2. The Morgan fingerprint density at radius 3 is 2.19 bits per heavy atom. The molecule has 1 saturated heterocycles. The number of hydrogen-bond donors (Lipinski definition) is 1. The smallest absolute Gasteiger partial charge is 0.395 e. The third kappa shape index (κ3) is 4.13. The van der Waals surface area contributed by atoms with Crippen LogP contribution >= 0.6 is 0 Å². The molecule has 2 aliphatic heterocycles. The summed E-state index contributed by atoms with van der Waals surface area (Å²) in [5.74, 6) is -1.28. The number of aliphatic hydroxyl groups excluding tert-OH is 1. The van der Waals surface area contributed by atoms with Crippen LogP contribution < -0.4 is 4.90 Å². The second kappa shape index (κ2) is 8.76. The molecule has 0 unspecified atom stereocenters. The van der Waals surface area contributed by atoms with Gasteiger partial charge in [0.15, 0.2) is 0 Å². The standard InChI is InChI=1S/C23H22F3N3O3/c24-23(25,26)17-7-4-8-18(15-17)29-21(31)19(16-5-2-1-3-6-16)20(22(29)32)28-11-9-27(10-12-28)13-14-30/h1-8,15,30H,9-14H2. The summed E-state index contributed by atoms with van der Waals surface area (Å²) in [6.45, 7) is 2.65. The number of rotatable bonds is 5. The molecule has 2 amide bonds. The zero-order chi connectivity index (χ0) is 22.9. The van der Waals surface area contributed by atoms with E-state index in [1.165, 1.54) is 12.1 Å². The van der Waals surface area contributed by atoms with Crippen LogP contribution in [0.25, 0.3) is 5.57 Å². The van der Waals surface area contributed by atoms with E-state index in [1.54, 1.807) is 30.3 Å². The van der Waals surface area contributed by atoms with Crippen LogP contribution in [0.15, 0.2) is 60.3 Å². The second-order valence-corrected chi connectivity index (χ2v) is 7.64. The number of aliphatic hydroxyl groups is 1. The van der Waals surface area contributed by atoms with E-state index in [-0.39, 0.29) is 23.6 Å². The number of anilines is 1. The van der Waals surface area contributed by atoms with Crippen molar-refractivity contribution >= 4 is 23.1 Å². The van der Waals surface area contributed by atoms with Crippen LogP contribution in [0.4, 0.5) is 18.9 Å². The van der Waals surface area contributed by atoms with Gasteiger partial charge in [-0.25, -0.2) is 4.90 Å². The Morgan fingerprint density at radius 2 is 1.56 bits per heavy atom. The molecular formula is C23H22F3N3O3. The van der Waals surface area contributed by atoms with E-state index in [2.05, 4.69) is 0 Å². The minimum atomic E-state index is -4.59. The summed E-state index contributed by atoms with van der Waals surface area (Å²) in [5, 5.41) is 9.15. The molecule has 9 heteroatoms. The highest BCUT2D eigenvalue weighted by Crippen LogP contribution is 2.37. The number of hydrogen-bond acceptors (Lipinski definition) is 5. The van der Waals surface area contributed by atoms with Gasteiger partial charge < -0.3 is 10.0 Å². The number of benzene rings is 2. The van der Waals surface area contributed by atoms with E-state index in [0.717, 1.165) is 17.0 Å². The Kier molecular flexibility index (Phi) is 6.03. The van der Waals surface area contributed by atoms with E-state index < -0.39 is 23.6 Å². The molecule has 4 rings (SSSR count). The molecule has 2 heterocycles. The molecule has 0 atom stereocenters. The minimum Gasteiger partial charge on any atom is -0.395 e. The Morgan fingerprint density at radius 1 is 0.875 bits per heavy atom. The summed E-state index contributed by atoms with van der Waals surface area (Å²) in [5.41, 5.74) is -0.126. The molecule has 32 heavy (non-hydrogen) atoms. The lowest BCUT2D eigenvalue weighted by atomic mass is 10.0. The van der Waals surface area contributed by atoms with E-state index >= 15 is 0 Å². The number of alkyl halides is 3. The zero-order valence-corrected chi connectivity index (χ0v) is 17.2. The third-order valence-corrected chi connectivity index (χ3v) is 5.66. The van der Waals surface area contributed by atoms with E-state index in [0.29, 0.717) is 38.3 Å². The molecule has 1 N–H and O–H groups in total. The number of amides is 2. The molecule has 0 bridgehead atoms. The summed E-state index contributed by atoms with van der Waals surface area (Å²) in [4.78, 5) is 31.5. The predicted molar refractivity (Wildman–Crippen MR) is 112 cm³/mol. The number of β-amino-alcohol motifs (C(OH)–C–C–N with tert-alkyl or cyclic N) is 1. The first-order valence-corrected chi connectivity index (χ1v) is 10.2. The molecule has 0 aliphatic carbocycles. The highest BCUT2D eigenvalue weighted by atomic mass is 19.4. The van der Waals surface area contributed by atoms with E-state index in [4.69, 9.17) is 5.11 Å². The fourth-order valence-corrected chi connectivity index (χ4v) is 4.07. The molecule has 0 spiro atoms. The van der Waals surface area contributed by atoms with Gasteiger partial charge in [-0.1, -0.05) is 36.4 Å². The van der Waals surface area contributed by atoms with Crippen LogP contribution in [-0.2, 0) is 15.8 Å². The molecule has 0 saturated carbocycles. The maximum absolute atomic E-state index is 13.4. The first kappa shape index (κ1) is 22.0. The Bertz CT molecular complexity index is 1050. The van der Waals surface area contributed by atoms with Crippen LogP contribution in [-0.4, -0.2) is 66.1 Å². The number of carbonyl (C=O) groups excluding carboxylic acids is 2.